The molecule has 1 aromatic rings. The van der Waals surface area contributed by atoms with E-state index in [2.05, 4.69) is 6.58 Å². The number of benzene rings is 1. The summed E-state index contributed by atoms with van der Waals surface area (Å²) in [5.74, 6) is -2.98. The normalized spacial score (nSPS) is 17.5. The number of rotatable bonds is 2. The number of likely N-dealkylation sites (tertiary alicyclic amines) is 1. The van der Waals surface area contributed by atoms with Gasteiger partial charge in [-0.2, -0.15) is 0 Å². The first-order valence-corrected chi connectivity index (χ1v) is 7.00. The standard InChI is InChI=1S/C17H18FNO3/c1-3-4-7-14-11(2)6-5-8-19(14)17(22)12-9-13(18)16(21)15(20)10-12/h3-4,7,9-10,20-21H,2,5-6,8H2,1H3/b4-3-,14-7+. The summed E-state index contributed by atoms with van der Waals surface area (Å²) in [4.78, 5) is 14.1. The predicted octanol–water partition coefficient (Wildman–Crippen LogP) is 3.49. The second-order valence-corrected chi connectivity index (χ2v) is 5.07. The molecule has 1 saturated heterocycles. The number of carbonyl (C=O) groups is 1. The molecule has 1 aromatic carbocycles. The van der Waals surface area contributed by atoms with Crippen molar-refractivity contribution in [2.45, 2.75) is 19.8 Å². The molecule has 0 saturated carbocycles. The molecule has 1 amide bonds. The summed E-state index contributed by atoms with van der Waals surface area (Å²) in [6, 6.07) is 1.98. The number of hydrogen-bond acceptors (Lipinski definition) is 3. The Kier molecular flexibility index (Phi) is 4.65. The molecule has 1 heterocycles. The average Bonchev–Trinajstić information content (AvgIpc) is 2.50. The number of allylic oxidation sites excluding steroid dienone is 4. The van der Waals surface area contributed by atoms with E-state index in [4.69, 9.17) is 0 Å². The van der Waals surface area contributed by atoms with E-state index in [1.165, 1.54) is 4.90 Å². The Hall–Kier alpha value is -2.56. The van der Waals surface area contributed by atoms with E-state index in [0.717, 1.165) is 30.5 Å². The van der Waals surface area contributed by atoms with Gasteiger partial charge in [-0.3, -0.25) is 4.79 Å². The van der Waals surface area contributed by atoms with Crippen LogP contribution in [0, 0.1) is 5.82 Å². The van der Waals surface area contributed by atoms with E-state index in [1.54, 1.807) is 12.2 Å². The van der Waals surface area contributed by atoms with Crippen LogP contribution in [-0.2, 0) is 0 Å². The summed E-state index contributed by atoms with van der Waals surface area (Å²) in [5.41, 5.74) is 1.50. The van der Waals surface area contributed by atoms with Crippen LogP contribution in [0.1, 0.15) is 30.1 Å². The van der Waals surface area contributed by atoms with Crippen LogP contribution in [0.15, 0.2) is 48.2 Å². The number of phenolic OH excluding ortho intramolecular Hbond substituents is 2. The molecular weight excluding hydrogens is 285 g/mol. The molecule has 116 valence electrons. The third kappa shape index (κ3) is 3.03. The first kappa shape index (κ1) is 15.8. The highest BCUT2D eigenvalue weighted by atomic mass is 19.1. The summed E-state index contributed by atoms with van der Waals surface area (Å²) in [7, 11) is 0. The van der Waals surface area contributed by atoms with Crippen LogP contribution in [0.3, 0.4) is 0 Å². The number of phenols is 2. The lowest BCUT2D eigenvalue weighted by Crippen LogP contribution is -2.35. The highest BCUT2D eigenvalue weighted by Crippen LogP contribution is 2.32. The Bertz CT molecular complexity index is 653. The largest absolute Gasteiger partial charge is 0.504 e. The zero-order chi connectivity index (χ0) is 16.3. The van der Waals surface area contributed by atoms with Gasteiger partial charge in [0, 0.05) is 17.8 Å². The minimum absolute atomic E-state index is 0.0196. The van der Waals surface area contributed by atoms with Crippen molar-refractivity contribution in [2.75, 3.05) is 6.54 Å². The Morgan fingerprint density at radius 1 is 1.41 bits per heavy atom. The maximum absolute atomic E-state index is 13.5. The van der Waals surface area contributed by atoms with Crippen LogP contribution in [0.5, 0.6) is 11.5 Å². The van der Waals surface area contributed by atoms with E-state index in [0.29, 0.717) is 12.2 Å². The molecule has 0 atom stereocenters. The van der Waals surface area contributed by atoms with E-state index >= 15 is 0 Å². The SMILES string of the molecule is C=C1CCCN(C(=O)c2cc(O)c(O)c(F)c2)/C1=C/C=C\C. The van der Waals surface area contributed by atoms with Crippen molar-refractivity contribution < 1.29 is 19.4 Å². The Morgan fingerprint density at radius 2 is 2.14 bits per heavy atom. The van der Waals surface area contributed by atoms with Crippen LogP contribution in [0.4, 0.5) is 4.39 Å². The van der Waals surface area contributed by atoms with Crippen molar-refractivity contribution >= 4 is 5.91 Å². The van der Waals surface area contributed by atoms with Crippen molar-refractivity contribution in [3.8, 4) is 11.5 Å². The highest BCUT2D eigenvalue weighted by Gasteiger charge is 2.26. The van der Waals surface area contributed by atoms with Crippen LogP contribution in [-0.4, -0.2) is 27.6 Å². The Labute approximate surface area is 128 Å². The lowest BCUT2D eigenvalue weighted by molar-refractivity contribution is 0.0796. The predicted molar refractivity (Wildman–Crippen MR) is 82.0 cm³/mol. The monoisotopic (exact) mass is 303 g/mol. The zero-order valence-corrected chi connectivity index (χ0v) is 12.3. The molecule has 1 aliphatic heterocycles. The van der Waals surface area contributed by atoms with Crippen molar-refractivity contribution in [1.29, 1.82) is 0 Å². The van der Waals surface area contributed by atoms with Gasteiger partial charge in [0.25, 0.3) is 5.91 Å². The average molecular weight is 303 g/mol. The van der Waals surface area contributed by atoms with Gasteiger partial charge in [-0.05, 0) is 43.5 Å². The zero-order valence-electron chi connectivity index (χ0n) is 12.3. The molecule has 0 bridgehead atoms. The molecular formula is C17H18FNO3. The number of nitrogens with zero attached hydrogens (tertiary/aromatic N) is 1. The van der Waals surface area contributed by atoms with Gasteiger partial charge in [0.2, 0.25) is 0 Å². The van der Waals surface area contributed by atoms with Gasteiger partial charge in [-0.25, -0.2) is 4.39 Å². The molecule has 0 aromatic heterocycles. The molecule has 22 heavy (non-hydrogen) atoms. The quantitative estimate of drug-likeness (QED) is 0.822. The third-order valence-corrected chi connectivity index (χ3v) is 3.50. The van der Waals surface area contributed by atoms with E-state index in [9.17, 15) is 19.4 Å². The molecule has 1 fully saturated rings. The van der Waals surface area contributed by atoms with E-state index < -0.39 is 23.2 Å². The van der Waals surface area contributed by atoms with Gasteiger partial charge in [-0.1, -0.05) is 18.7 Å². The number of amides is 1. The van der Waals surface area contributed by atoms with Gasteiger partial charge < -0.3 is 15.1 Å². The molecule has 2 N–H and O–H groups in total. The minimum Gasteiger partial charge on any atom is -0.504 e. The molecule has 2 rings (SSSR count). The van der Waals surface area contributed by atoms with Crippen molar-refractivity contribution in [3.05, 3.63) is 59.6 Å². The highest BCUT2D eigenvalue weighted by molar-refractivity contribution is 5.96. The summed E-state index contributed by atoms with van der Waals surface area (Å²) in [6.07, 6.45) is 6.99. The molecule has 0 radical (unpaired) electrons. The van der Waals surface area contributed by atoms with Gasteiger partial charge in [-0.15, -0.1) is 0 Å². The Balaban J connectivity index is 2.40. The molecule has 0 spiro atoms. The smallest absolute Gasteiger partial charge is 0.258 e. The number of aromatic hydroxyl groups is 2. The van der Waals surface area contributed by atoms with Crippen LogP contribution in [0.25, 0.3) is 0 Å². The third-order valence-electron chi connectivity index (χ3n) is 3.50. The first-order valence-electron chi connectivity index (χ1n) is 7.00. The molecule has 0 unspecified atom stereocenters. The van der Waals surface area contributed by atoms with Crippen LogP contribution >= 0.6 is 0 Å². The molecule has 4 nitrogen and oxygen atoms in total. The maximum Gasteiger partial charge on any atom is 0.258 e. The summed E-state index contributed by atoms with van der Waals surface area (Å²) < 4.78 is 13.5. The minimum atomic E-state index is -1.03. The number of hydrogen-bond donors (Lipinski definition) is 2. The van der Waals surface area contributed by atoms with Crippen LogP contribution < -0.4 is 0 Å². The summed E-state index contributed by atoms with van der Waals surface area (Å²) >= 11 is 0. The molecule has 0 aliphatic carbocycles. The number of carbonyl (C=O) groups excluding carboxylic acids is 1. The van der Waals surface area contributed by atoms with Gasteiger partial charge in [0.15, 0.2) is 17.3 Å². The second-order valence-electron chi connectivity index (χ2n) is 5.07. The fourth-order valence-corrected chi connectivity index (χ4v) is 2.36. The first-order chi connectivity index (χ1) is 10.5. The van der Waals surface area contributed by atoms with Crippen molar-refractivity contribution in [2.24, 2.45) is 0 Å². The van der Waals surface area contributed by atoms with E-state index in [1.807, 2.05) is 13.0 Å². The number of piperidine rings is 1. The van der Waals surface area contributed by atoms with Crippen molar-refractivity contribution in [3.63, 3.8) is 0 Å². The number of halogens is 1. The fraction of sp³-hybridized carbons (Fsp3) is 0.235. The summed E-state index contributed by atoms with van der Waals surface area (Å²) in [6.45, 7) is 6.32. The lowest BCUT2D eigenvalue weighted by Gasteiger charge is -2.31. The van der Waals surface area contributed by atoms with Gasteiger partial charge in [0.1, 0.15) is 0 Å². The van der Waals surface area contributed by atoms with Crippen molar-refractivity contribution in [1.82, 2.24) is 4.90 Å². The van der Waals surface area contributed by atoms with Crippen LogP contribution in [0.2, 0.25) is 0 Å². The van der Waals surface area contributed by atoms with E-state index in [-0.39, 0.29) is 5.56 Å². The fourth-order valence-electron chi connectivity index (χ4n) is 2.36. The molecule has 5 heteroatoms. The van der Waals surface area contributed by atoms with Gasteiger partial charge in [0.05, 0.1) is 0 Å². The molecule has 1 aliphatic rings. The summed E-state index contributed by atoms with van der Waals surface area (Å²) in [5, 5.41) is 18.7. The maximum atomic E-state index is 13.5. The Morgan fingerprint density at radius 3 is 2.77 bits per heavy atom. The lowest BCUT2D eigenvalue weighted by atomic mass is 10.00. The van der Waals surface area contributed by atoms with Gasteiger partial charge >= 0.3 is 0 Å². The second kappa shape index (κ2) is 6.47. The topological polar surface area (TPSA) is 60.8 Å².